The largest absolute Gasteiger partial charge is 0.508 e. The standard InChI is InChI=1S/C52H48O9/c1-59-43-27-12-34(13-28-43)14-29-46(57)47-48(58)44-30-37(6-2-4-32-8-19-39(53)20-9-32)49(35-15-23-41(55)24-16-35)60-51(44)45-31-38(7-3-5-33-10-21-40(54)22-11-33)50(61-52(45)47)36-17-25-42(56)26-18-36/h2-5,8-13,15-28,37-38,49-50,53-56,58H,6-7,14,29-31H2,1H3/b4-2+,5-3+. The van der Waals surface area contributed by atoms with Gasteiger partial charge >= 0.3 is 0 Å². The van der Waals surface area contributed by atoms with Crippen molar-refractivity contribution in [1.82, 2.24) is 0 Å². The molecule has 9 nitrogen and oxygen atoms in total. The van der Waals surface area contributed by atoms with E-state index in [4.69, 9.17) is 14.2 Å². The Morgan fingerprint density at radius 3 is 1.51 bits per heavy atom. The molecule has 61 heavy (non-hydrogen) atoms. The molecule has 4 atom stereocenters. The molecule has 0 radical (unpaired) electrons. The number of allylic oxidation sites excluding steroid dienone is 2. The Labute approximate surface area is 355 Å². The quantitative estimate of drug-likeness (QED) is 0.0719. The van der Waals surface area contributed by atoms with Crippen LogP contribution in [0.15, 0.2) is 133 Å². The number of phenolic OH excluding ortho intramolecular Hbond substituents is 5. The van der Waals surface area contributed by atoms with Gasteiger partial charge in [0.15, 0.2) is 5.78 Å². The highest BCUT2D eigenvalue weighted by molar-refractivity contribution is 6.03. The first-order valence-electron chi connectivity index (χ1n) is 20.5. The van der Waals surface area contributed by atoms with E-state index >= 15 is 0 Å². The van der Waals surface area contributed by atoms with Crippen molar-refractivity contribution in [3.05, 3.63) is 178 Å². The van der Waals surface area contributed by atoms with Crippen molar-refractivity contribution in [2.24, 2.45) is 11.8 Å². The van der Waals surface area contributed by atoms with Gasteiger partial charge in [-0.3, -0.25) is 4.79 Å². The van der Waals surface area contributed by atoms with Crippen LogP contribution < -0.4 is 14.2 Å². The zero-order valence-corrected chi connectivity index (χ0v) is 33.8. The Morgan fingerprint density at radius 2 is 1.03 bits per heavy atom. The molecule has 2 aliphatic rings. The van der Waals surface area contributed by atoms with Crippen LogP contribution in [0.25, 0.3) is 12.2 Å². The van der Waals surface area contributed by atoms with Gasteiger partial charge in [-0.1, -0.05) is 85.0 Å². The van der Waals surface area contributed by atoms with E-state index in [1.54, 1.807) is 55.6 Å². The average Bonchev–Trinajstić information content (AvgIpc) is 3.27. The lowest BCUT2D eigenvalue weighted by Gasteiger charge is -2.40. The molecule has 310 valence electrons. The van der Waals surface area contributed by atoms with Crippen molar-refractivity contribution in [3.63, 3.8) is 0 Å². The Balaban J connectivity index is 1.22. The predicted molar refractivity (Wildman–Crippen MR) is 235 cm³/mol. The van der Waals surface area contributed by atoms with Gasteiger partial charge in [-0.2, -0.15) is 0 Å². The lowest BCUT2D eigenvalue weighted by atomic mass is 9.78. The number of ether oxygens (including phenoxy) is 3. The summed E-state index contributed by atoms with van der Waals surface area (Å²) in [6, 6.07) is 35.3. The number of aromatic hydroxyl groups is 5. The summed E-state index contributed by atoms with van der Waals surface area (Å²) in [6.45, 7) is 0. The molecule has 0 amide bonds. The van der Waals surface area contributed by atoms with Crippen LogP contribution in [-0.4, -0.2) is 38.4 Å². The van der Waals surface area contributed by atoms with E-state index < -0.39 is 12.2 Å². The minimum absolute atomic E-state index is 0.117. The Hall–Kier alpha value is -7.13. The summed E-state index contributed by atoms with van der Waals surface area (Å²) in [5.41, 5.74) is 5.85. The molecule has 0 saturated carbocycles. The first kappa shape index (κ1) is 40.6. The Morgan fingerprint density at radius 1 is 0.590 bits per heavy atom. The molecule has 6 aromatic rings. The van der Waals surface area contributed by atoms with Gasteiger partial charge in [-0.25, -0.2) is 0 Å². The number of hydrogen-bond donors (Lipinski definition) is 5. The number of ketones is 1. The van der Waals surface area contributed by atoms with Crippen LogP contribution in [0.4, 0.5) is 0 Å². The van der Waals surface area contributed by atoms with Crippen molar-refractivity contribution < 1.29 is 44.5 Å². The monoisotopic (exact) mass is 816 g/mol. The highest BCUT2D eigenvalue weighted by Gasteiger charge is 2.42. The summed E-state index contributed by atoms with van der Waals surface area (Å²) in [5, 5.41) is 52.4. The number of fused-ring (bicyclic) bond motifs is 3. The summed E-state index contributed by atoms with van der Waals surface area (Å²) in [5.74, 6) is 1.39. The number of phenols is 5. The van der Waals surface area contributed by atoms with Gasteiger partial charge in [0, 0.05) is 29.4 Å². The molecule has 6 aromatic carbocycles. The summed E-state index contributed by atoms with van der Waals surface area (Å²) < 4.78 is 19.4. The molecule has 5 N–H and O–H groups in total. The van der Waals surface area contributed by atoms with Gasteiger partial charge in [-0.05, 0) is 121 Å². The van der Waals surface area contributed by atoms with Crippen molar-refractivity contribution >= 4 is 17.9 Å². The van der Waals surface area contributed by atoms with Crippen LogP contribution in [0.3, 0.4) is 0 Å². The van der Waals surface area contributed by atoms with E-state index in [0.717, 1.165) is 33.6 Å². The van der Waals surface area contributed by atoms with Crippen LogP contribution in [0.2, 0.25) is 0 Å². The maximum absolute atomic E-state index is 14.6. The molecule has 8 rings (SSSR count). The lowest BCUT2D eigenvalue weighted by molar-refractivity contribution is 0.0860. The molecule has 2 aliphatic heterocycles. The highest BCUT2D eigenvalue weighted by Crippen LogP contribution is 2.55. The fraction of sp³-hybridized carbons (Fsp3) is 0.212. The molecule has 0 fully saturated rings. The number of benzene rings is 6. The van der Waals surface area contributed by atoms with Gasteiger partial charge in [-0.15, -0.1) is 0 Å². The molecular weight excluding hydrogens is 769 g/mol. The molecule has 0 bridgehead atoms. The van der Waals surface area contributed by atoms with Gasteiger partial charge < -0.3 is 39.7 Å². The van der Waals surface area contributed by atoms with Crippen LogP contribution in [0.1, 0.15) is 80.8 Å². The normalized spacial score (nSPS) is 18.2. The van der Waals surface area contributed by atoms with Gasteiger partial charge in [0.1, 0.15) is 63.8 Å². The van der Waals surface area contributed by atoms with E-state index in [0.29, 0.717) is 54.7 Å². The van der Waals surface area contributed by atoms with Crippen LogP contribution in [0.5, 0.6) is 46.0 Å². The maximum Gasteiger partial charge on any atom is 0.170 e. The second-order valence-corrected chi connectivity index (χ2v) is 15.8. The Kier molecular flexibility index (Phi) is 12.0. The zero-order valence-electron chi connectivity index (χ0n) is 33.8. The van der Waals surface area contributed by atoms with E-state index in [1.807, 2.05) is 84.9 Å². The minimum Gasteiger partial charge on any atom is -0.508 e. The van der Waals surface area contributed by atoms with E-state index in [9.17, 15) is 30.3 Å². The van der Waals surface area contributed by atoms with Crippen molar-refractivity contribution in [2.45, 2.75) is 50.7 Å². The molecule has 0 spiro atoms. The van der Waals surface area contributed by atoms with Gasteiger partial charge in [0.05, 0.1) is 7.11 Å². The third-order valence-electron chi connectivity index (χ3n) is 11.7. The summed E-state index contributed by atoms with van der Waals surface area (Å²) >= 11 is 0. The van der Waals surface area contributed by atoms with Crippen LogP contribution >= 0.6 is 0 Å². The summed E-state index contributed by atoms with van der Waals surface area (Å²) in [7, 11) is 1.61. The second-order valence-electron chi connectivity index (χ2n) is 15.8. The van der Waals surface area contributed by atoms with E-state index in [1.165, 1.54) is 0 Å². The number of carbonyl (C=O) groups excluding carboxylic acids is 1. The molecule has 9 heteroatoms. The maximum atomic E-state index is 14.6. The third-order valence-corrected chi connectivity index (χ3v) is 11.7. The van der Waals surface area contributed by atoms with E-state index in [-0.39, 0.29) is 58.4 Å². The number of rotatable bonds is 13. The Bertz CT molecular complexity index is 2520. The van der Waals surface area contributed by atoms with Gasteiger partial charge in [0.2, 0.25) is 0 Å². The van der Waals surface area contributed by atoms with Crippen LogP contribution in [-0.2, 0) is 19.3 Å². The molecule has 0 aliphatic carbocycles. The predicted octanol–water partition coefficient (Wildman–Crippen LogP) is 10.8. The van der Waals surface area contributed by atoms with Crippen molar-refractivity contribution in [1.29, 1.82) is 0 Å². The minimum atomic E-state index is -0.544. The molecule has 0 saturated heterocycles. The first-order chi connectivity index (χ1) is 29.6. The molecular formula is C52H48O9. The molecule has 0 aromatic heterocycles. The topological polar surface area (TPSA) is 146 Å². The number of methoxy groups -OCH3 is 1. The molecule has 4 unspecified atom stereocenters. The van der Waals surface area contributed by atoms with Crippen molar-refractivity contribution in [2.75, 3.05) is 7.11 Å². The molecule has 2 heterocycles. The smallest absolute Gasteiger partial charge is 0.170 e. The fourth-order valence-corrected chi connectivity index (χ4v) is 8.42. The fourth-order valence-electron chi connectivity index (χ4n) is 8.42. The second kappa shape index (κ2) is 18.0. The van der Waals surface area contributed by atoms with Crippen molar-refractivity contribution in [3.8, 4) is 46.0 Å². The third kappa shape index (κ3) is 9.21. The summed E-state index contributed by atoms with van der Waals surface area (Å²) in [6.07, 6.45) is 9.63. The SMILES string of the molecule is COc1ccc(CCC(=O)c2c(O)c3c(c4c2OC(c2ccc(O)cc2)C(C/C=C/c2ccc(O)cc2)C4)OC(c2ccc(O)cc2)C(C/C=C/c2ccc(O)cc2)C3)cc1. The number of aryl methyl sites for hydroxylation is 1. The lowest BCUT2D eigenvalue weighted by Crippen LogP contribution is -2.31. The average molecular weight is 817 g/mol. The number of Topliss-reactive ketones (excluding diaryl/α,β-unsaturated/α-hetero) is 1. The number of hydrogen-bond acceptors (Lipinski definition) is 9. The zero-order chi connectivity index (χ0) is 42.5. The van der Waals surface area contributed by atoms with Crippen LogP contribution in [0, 0.1) is 11.8 Å². The van der Waals surface area contributed by atoms with Gasteiger partial charge in [0.25, 0.3) is 0 Å². The number of carbonyl (C=O) groups is 1. The highest BCUT2D eigenvalue weighted by atomic mass is 16.5. The first-order valence-corrected chi connectivity index (χ1v) is 20.5. The van der Waals surface area contributed by atoms with E-state index in [2.05, 4.69) is 12.2 Å². The summed E-state index contributed by atoms with van der Waals surface area (Å²) in [4.78, 5) is 14.6.